The molecule has 5 nitrogen and oxygen atoms in total. The molecule has 0 saturated heterocycles. The van der Waals surface area contributed by atoms with Crippen molar-refractivity contribution in [2.24, 2.45) is 13.0 Å². The van der Waals surface area contributed by atoms with Gasteiger partial charge in [0.1, 0.15) is 12.4 Å². The Labute approximate surface area is 117 Å². The van der Waals surface area contributed by atoms with E-state index in [0.29, 0.717) is 6.26 Å². The van der Waals surface area contributed by atoms with Gasteiger partial charge in [-0.15, -0.1) is 0 Å². The summed E-state index contributed by atoms with van der Waals surface area (Å²) >= 11 is 0. The lowest BCUT2D eigenvalue weighted by atomic mass is 9.99. The van der Waals surface area contributed by atoms with E-state index in [0.717, 1.165) is 5.92 Å². The zero-order valence-electron chi connectivity index (χ0n) is 12.4. The van der Waals surface area contributed by atoms with Gasteiger partial charge in [0.15, 0.2) is 0 Å². The van der Waals surface area contributed by atoms with Gasteiger partial charge in [0.25, 0.3) is 0 Å². The van der Waals surface area contributed by atoms with E-state index in [-0.39, 0.29) is 0 Å². The lowest BCUT2D eigenvalue weighted by Gasteiger charge is -2.11. The molecule has 0 amide bonds. The highest BCUT2D eigenvalue weighted by molar-refractivity contribution is 7.84. The minimum Gasteiger partial charge on any atom is -0.748 e. The van der Waals surface area contributed by atoms with Crippen molar-refractivity contribution >= 4 is 10.1 Å². The fourth-order valence-electron chi connectivity index (χ4n) is 1.83. The molecule has 0 aliphatic carbocycles. The van der Waals surface area contributed by atoms with E-state index in [9.17, 15) is 0 Å². The van der Waals surface area contributed by atoms with Crippen LogP contribution in [0.5, 0.6) is 0 Å². The van der Waals surface area contributed by atoms with Crippen molar-refractivity contribution < 1.29 is 17.5 Å². The molecule has 0 aliphatic heterocycles. The van der Waals surface area contributed by atoms with E-state index in [1.54, 1.807) is 0 Å². The van der Waals surface area contributed by atoms with Crippen LogP contribution < -0.4 is 4.57 Å². The maximum absolute atomic E-state index is 9.08. The van der Waals surface area contributed by atoms with Crippen molar-refractivity contribution in [3.63, 3.8) is 0 Å². The average Bonchev–Trinajstić information content (AvgIpc) is 2.68. The molecule has 0 saturated carbocycles. The molecule has 1 heterocycles. The molecule has 1 aromatic heterocycles. The van der Waals surface area contributed by atoms with E-state index in [1.165, 1.54) is 32.2 Å². The Hall–Kier alpha value is -0.880. The Morgan fingerprint density at radius 2 is 1.95 bits per heavy atom. The second-order valence-corrected chi connectivity index (χ2v) is 6.30. The zero-order valence-corrected chi connectivity index (χ0v) is 13.2. The average molecular weight is 290 g/mol. The molecular formula is C13H26N2O3S. The molecule has 0 spiro atoms. The van der Waals surface area contributed by atoms with Gasteiger partial charge in [0.2, 0.25) is 6.33 Å². The SMILES string of the molecule is CCCCC(CC)Cn1cc[n+](C)c1.CS(=O)(=O)[O-]. The first-order chi connectivity index (χ1) is 8.76. The maximum Gasteiger partial charge on any atom is 0.243 e. The van der Waals surface area contributed by atoms with Crippen LogP contribution in [0, 0.1) is 5.92 Å². The first kappa shape index (κ1) is 18.1. The number of unbranched alkanes of at least 4 members (excludes halogenated alkanes) is 1. The van der Waals surface area contributed by atoms with Crippen molar-refractivity contribution in [3.05, 3.63) is 18.7 Å². The quantitative estimate of drug-likeness (QED) is 0.591. The molecular weight excluding hydrogens is 264 g/mol. The van der Waals surface area contributed by atoms with Crippen LogP contribution in [0.4, 0.5) is 0 Å². The van der Waals surface area contributed by atoms with Crippen LogP contribution in [0.25, 0.3) is 0 Å². The minimum atomic E-state index is -3.92. The van der Waals surface area contributed by atoms with E-state index in [4.69, 9.17) is 13.0 Å². The van der Waals surface area contributed by atoms with Crippen molar-refractivity contribution in [2.45, 2.75) is 46.1 Å². The summed E-state index contributed by atoms with van der Waals surface area (Å²) in [6.45, 7) is 5.74. The van der Waals surface area contributed by atoms with Crippen LogP contribution in [0.2, 0.25) is 0 Å². The third kappa shape index (κ3) is 11.9. The Morgan fingerprint density at radius 3 is 2.32 bits per heavy atom. The van der Waals surface area contributed by atoms with E-state index >= 15 is 0 Å². The van der Waals surface area contributed by atoms with Gasteiger partial charge in [-0.05, 0) is 18.8 Å². The fraction of sp³-hybridized carbons (Fsp3) is 0.769. The van der Waals surface area contributed by atoms with Crippen LogP contribution in [0.1, 0.15) is 39.5 Å². The van der Waals surface area contributed by atoms with Gasteiger partial charge < -0.3 is 4.55 Å². The Bertz CT molecular complexity index is 432. The second kappa shape index (κ2) is 9.09. The number of hydrogen-bond acceptors (Lipinski definition) is 3. The molecule has 0 fully saturated rings. The van der Waals surface area contributed by atoms with Crippen LogP contribution in [-0.2, 0) is 23.7 Å². The number of aromatic nitrogens is 2. The predicted molar refractivity (Wildman–Crippen MR) is 74.5 cm³/mol. The molecule has 1 unspecified atom stereocenters. The number of hydrogen-bond donors (Lipinski definition) is 0. The van der Waals surface area contributed by atoms with E-state index < -0.39 is 10.1 Å². The lowest BCUT2D eigenvalue weighted by Crippen LogP contribution is -2.24. The molecule has 0 N–H and O–H groups in total. The summed E-state index contributed by atoms with van der Waals surface area (Å²) in [4.78, 5) is 0. The summed E-state index contributed by atoms with van der Waals surface area (Å²) in [7, 11) is -1.84. The van der Waals surface area contributed by atoms with Gasteiger partial charge >= 0.3 is 0 Å². The molecule has 0 aliphatic rings. The van der Waals surface area contributed by atoms with Crippen LogP contribution in [-0.4, -0.2) is 23.8 Å². The molecule has 0 aromatic carbocycles. The van der Waals surface area contributed by atoms with Crippen molar-refractivity contribution in [2.75, 3.05) is 6.26 Å². The zero-order chi connectivity index (χ0) is 14.9. The normalized spacial score (nSPS) is 12.7. The molecule has 6 heteroatoms. The molecule has 0 bridgehead atoms. The van der Waals surface area contributed by atoms with E-state index in [2.05, 4.69) is 48.8 Å². The summed E-state index contributed by atoms with van der Waals surface area (Å²) in [6.07, 6.45) is 12.4. The predicted octanol–water partition coefficient (Wildman–Crippen LogP) is 1.69. The van der Waals surface area contributed by atoms with E-state index in [1.807, 2.05) is 0 Å². The number of aryl methyl sites for hydroxylation is 1. The summed E-state index contributed by atoms with van der Waals surface area (Å²) in [6, 6.07) is 0. The van der Waals surface area contributed by atoms with Gasteiger partial charge in [-0.2, -0.15) is 0 Å². The second-order valence-electron chi connectivity index (χ2n) is 4.90. The van der Waals surface area contributed by atoms with Crippen LogP contribution >= 0.6 is 0 Å². The molecule has 19 heavy (non-hydrogen) atoms. The number of imidazole rings is 1. The third-order valence-corrected chi connectivity index (χ3v) is 2.84. The van der Waals surface area contributed by atoms with Gasteiger partial charge in [-0.25, -0.2) is 17.6 Å². The first-order valence-corrected chi connectivity index (χ1v) is 8.49. The van der Waals surface area contributed by atoms with Crippen molar-refractivity contribution in [1.29, 1.82) is 0 Å². The molecule has 1 aromatic rings. The minimum absolute atomic E-state index is 0.604. The van der Waals surface area contributed by atoms with Gasteiger partial charge in [0, 0.05) is 6.26 Å². The maximum atomic E-state index is 9.08. The number of rotatable bonds is 6. The lowest BCUT2D eigenvalue weighted by molar-refractivity contribution is -0.671. The van der Waals surface area contributed by atoms with Gasteiger partial charge in [-0.3, -0.25) is 0 Å². The summed E-state index contributed by atoms with van der Waals surface area (Å²) in [5.41, 5.74) is 0. The standard InChI is InChI=1S/C12H23N2.CH4O3S/c1-4-6-7-12(5-2)10-14-9-8-13(3)11-14;1-5(2,3)4/h8-9,11-12H,4-7,10H2,1-3H3;1H3,(H,2,3,4)/q+1;/p-1. The highest BCUT2D eigenvalue weighted by atomic mass is 32.2. The van der Waals surface area contributed by atoms with Crippen LogP contribution in [0.3, 0.4) is 0 Å². The summed E-state index contributed by atoms with van der Waals surface area (Å²) in [5, 5.41) is 0. The Kier molecular flexibility index (Phi) is 8.67. The Balaban J connectivity index is 0.000000555. The summed E-state index contributed by atoms with van der Waals surface area (Å²) in [5.74, 6) is 0.849. The highest BCUT2D eigenvalue weighted by Crippen LogP contribution is 2.14. The van der Waals surface area contributed by atoms with Crippen molar-refractivity contribution in [1.82, 2.24) is 4.57 Å². The monoisotopic (exact) mass is 290 g/mol. The number of nitrogens with zero attached hydrogens (tertiary/aromatic N) is 2. The molecule has 0 radical (unpaired) electrons. The van der Waals surface area contributed by atoms with Crippen LogP contribution in [0.15, 0.2) is 18.7 Å². The molecule has 112 valence electrons. The smallest absolute Gasteiger partial charge is 0.243 e. The largest absolute Gasteiger partial charge is 0.748 e. The first-order valence-electron chi connectivity index (χ1n) is 6.68. The molecule has 1 rings (SSSR count). The topological polar surface area (TPSA) is 66.0 Å². The third-order valence-electron chi connectivity index (χ3n) is 2.84. The summed E-state index contributed by atoms with van der Waals surface area (Å²) < 4.78 is 31.6. The highest BCUT2D eigenvalue weighted by Gasteiger charge is 2.10. The fourth-order valence-corrected chi connectivity index (χ4v) is 1.83. The van der Waals surface area contributed by atoms with Gasteiger partial charge in [-0.1, -0.05) is 26.7 Å². The van der Waals surface area contributed by atoms with Crippen molar-refractivity contribution in [3.8, 4) is 0 Å². The molecule has 1 atom stereocenters. The van der Waals surface area contributed by atoms with Gasteiger partial charge in [0.05, 0.1) is 23.7 Å². The Morgan fingerprint density at radius 1 is 1.37 bits per heavy atom.